The van der Waals surface area contributed by atoms with E-state index in [9.17, 15) is 0 Å². The Hall–Kier alpha value is -8.41. The first-order valence-corrected chi connectivity index (χ1v) is 20.9. The second-order valence-corrected chi connectivity index (χ2v) is 15.6. The maximum absolute atomic E-state index is 5.26. The molecule has 0 aliphatic heterocycles. The molecule has 3 heterocycles. The molecule has 0 saturated carbocycles. The van der Waals surface area contributed by atoms with Crippen molar-refractivity contribution >= 4 is 71.6 Å². The molecule has 3 aromatic heterocycles. The van der Waals surface area contributed by atoms with Crippen molar-refractivity contribution in [2.75, 3.05) is 4.90 Å². The van der Waals surface area contributed by atoms with Crippen LogP contribution in [0.2, 0.25) is 0 Å². The average molecular weight is 792 g/mol. The van der Waals surface area contributed by atoms with E-state index in [4.69, 9.17) is 15.0 Å². The Morgan fingerprint density at radius 1 is 0.371 bits per heavy atom. The first-order valence-electron chi connectivity index (χ1n) is 20.9. The van der Waals surface area contributed by atoms with Gasteiger partial charge in [0.1, 0.15) is 0 Å². The molecule has 9 aromatic carbocycles. The van der Waals surface area contributed by atoms with Gasteiger partial charge in [0.25, 0.3) is 0 Å². The largest absolute Gasteiger partial charge is 0.309 e. The van der Waals surface area contributed by atoms with Crippen LogP contribution in [0.3, 0.4) is 0 Å². The monoisotopic (exact) mass is 791 g/mol. The molecule has 0 unspecified atom stereocenters. The Balaban J connectivity index is 0.962. The van der Waals surface area contributed by atoms with Gasteiger partial charge in [0.15, 0.2) is 0 Å². The molecule has 0 N–H and O–H groups in total. The Bertz CT molecular complexity index is 3560. The summed E-state index contributed by atoms with van der Waals surface area (Å²) in [5, 5.41) is 6.03. The second kappa shape index (κ2) is 14.7. The minimum Gasteiger partial charge on any atom is -0.309 e. The van der Waals surface area contributed by atoms with Crippen molar-refractivity contribution in [3.63, 3.8) is 0 Å². The summed E-state index contributed by atoms with van der Waals surface area (Å²) in [6.45, 7) is 0. The Kier molecular flexibility index (Phi) is 8.42. The van der Waals surface area contributed by atoms with Gasteiger partial charge in [-0.25, -0.2) is 9.97 Å². The van der Waals surface area contributed by atoms with Crippen LogP contribution < -0.4 is 4.90 Å². The van der Waals surface area contributed by atoms with Gasteiger partial charge in [-0.1, -0.05) is 146 Å². The number of benzene rings is 9. The van der Waals surface area contributed by atoms with Crippen LogP contribution in [0.15, 0.2) is 225 Å². The second-order valence-electron chi connectivity index (χ2n) is 15.6. The van der Waals surface area contributed by atoms with Crippen molar-refractivity contribution in [1.82, 2.24) is 19.5 Å². The maximum atomic E-state index is 5.26. The fraction of sp³-hybridized carbons (Fsp3) is 0. The van der Waals surface area contributed by atoms with Crippen LogP contribution in [-0.4, -0.2) is 19.5 Å². The number of para-hydroxylation sites is 5. The molecule has 0 radical (unpaired) electrons. The van der Waals surface area contributed by atoms with Crippen molar-refractivity contribution in [1.29, 1.82) is 0 Å². The number of pyridine rings is 1. The van der Waals surface area contributed by atoms with Gasteiger partial charge in [-0.3, -0.25) is 4.98 Å². The first kappa shape index (κ1) is 35.5. The molecule has 0 aliphatic carbocycles. The van der Waals surface area contributed by atoms with Gasteiger partial charge in [-0.15, -0.1) is 0 Å². The molecule has 5 heteroatoms. The number of hydrogen-bond acceptors (Lipinski definition) is 4. The van der Waals surface area contributed by atoms with E-state index in [2.05, 4.69) is 198 Å². The summed E-state index contributed by atoms with van der Waals surface area (Å²) < 4.78 is 2.35. The zero-order chi connectivity index (χ0) is 41.0. The molecular formula is C57H37N5. The molecule has 12 rings (SSSR count). The van der Waals surface area contributed by atoms with E-state index in [1.807, 2.05) is 36.5 Å². The molecule has 0 amide bonds. The van der Waals surface area contributed by atoms with E-state index in [0.717, 1.165) is 72.8 Å². The van der Waals surface area contributed by atoms with Crippen LogP contribution in [0.25, 0.3) is 93.8 Å². The topological polar surface area (TPSA) is 46.8 Å². The van der Waals surface area contributed by atoms with Gasteiger partial charge in [0.05, 0.1) is 44.7 Å². The van der Waals surface area contributed by atoms with Crippen molar-refractivity contribution in [3.8, 4) is 39.3 Å². The number of aromatic nitrogens is 4. The molecule has 12 aromatic rings. The molecular weight excluding hydrogens is 755 g/mol. The lowest BCUT2D eigenvalue weighted by Crippen LogP contribution is -2.11. The Morgan fingerprint density at radius 3 is 1.55 bits per heavy atom. The van der Waals surface area contributed by atoms with E-state index in [1.165, 1.54) is 38.1 Å². The number of hydrogen-bond donors (Lipinski definition) is 0. The number of rotatable bonds is 7. The van der Waals surface area contributed by atoms with E-state index < -0.39 is 0 Å². The van der Waals surface area contributed by atoms with Crippen molar-refractivity contribution in [2.24, 2.45) is 0 Å². The van der Waals surface area contributed by atoms with Gasteiger partial charge in [-0.2, -0.15) is 0 Å². The normalized spacial score (nSPS) is 11.5. The molecule has 62 heavy (non-hydrogen) atoms. The zero-order valence-electron chi connectivity index (χ0n) is 33.6. The van der Waals surface area contributed by atoms with Gasteiger partial charge in [0.2, 0.25) is 0 Å². The third-order valence-electron chi connectivity index (χ3n) is 12.0. The highest BCUT2D eigenvalue weighted by molar-refractivity contribution is 6.09. The molecule has 0 aliphatic rings. The lowest BCUT2D eigenvalue weighted by molar-refractivity contribution is 1.17. The van der Waals surface area contributed by atoms with Gasteiger partial charge in [-0.05, 0) is 94.7 Å². The molecule has 0 bridgehead atoms. The van der Waals surface area contributed by atoms with Crippen molar-refractivity contribution < 1.29 is 0 Å². The molecule has 0 spiro atoms. The highest BCUT2D eigenvalue weighted by Crippen LogP contribution is 2.41. The lowest BCUT2D eigenvalue weighted by atomic mass is 9.96. The summed E-state index contributed by atoms with van der Waals surface area (Å²) in [5.74, 6) is 0. The first-order chi connectivity index (χ1) is 30.7. The fourth-order valence-electron chi connectivity index (χ4n) is 9.10. The van der Waals surface area contributed by atoms with Gasteiger partial charge < -0.3 is 9.47 Å². The molecule has 0 atom stereocenters. The van der Waals surface area contributed by atoms with Gasteiger partial charge in [0, 0.05) is 50.5 Å². The van der Waals surface area contributed by atoms with Crippen LogP contribution >= 0.6 is 0 Å². The predicted molar refractivity (Wildman–Crippen MR) is 258 cm³/mol. The van der Waals surface area contributed by atoms with Crippen LogP contribution in [-0.2, 0) is 0 Å². The smallest absolute Gasteiger partial charge is 0.0973 e. The number of anilines is 3. The molecule has 0 saturated heterocycles. The summed E-state index contributed by atoms with van der Waals surface area (Å²) >= 11 is 0. The Labute approximate surface area is 358 Å². The quantitative estimate of drug-likeness (QED) is 0.161. The van der Waals surface area contributed by atoms with Crippen molar-refractivity contribution in [3.05, 3.63) is 225 Å². The highest BCUT2D eigenvalue weighted by atomic mass is 15.1. The molecule has 0 fully saturated rings. The standard InChI is InChI=1S/C57H37N5/c1-2-16-46-38(12-1)13-9-19-47(46)39-25-27-41(28-26-39)56-57(60-51-21-6-5-20-50(51)59-56)42-29-31-43(32-30-42)61(54-24-10-14-40-15-11-37-58-55(40)54)44-33-35-45(36-34-44)62-52-22-7-3-17-48(52)49-18-4-8-23-53(49)62/h1-37H. The van der Waals surface area contributed by atoms with Gasteiger partial charge >= 0.3 is 0 Å². The summed E-state index contributed by atoms with van der Waals surface area (Å²) in [6, 6.07) is 77.2. The van der Waals surface area contributed by atoms with Crippen LogP contribution in [0.4, 0.5) is 17.1 Å². The van der Waals surface area contributed by atoms with Crippen LogP contribution in [0, 0.1) is 0 Å². The predicted octanol–water partition coefficient (Wildman–Crippen LogP) is 14.9. The Morgan fingerprint density at radius 2 is 0.871 bits per heavy atom. The summed E-state index contributed by atoms with van der Waals surface area (Å²) in [4.78, 5) is 17.7. The third kappa shape index (κ3) is 5.98. The van der Waals surface area contributed by atoms with E-state index in [-0.39, 0.29) is 0 Å². The van der Waals surface area contributed by atoms with E-state index in [0.29, 0.717) is 0 Å². The van der Waals surface area contributed by atoms with E-state index >= 15 is 0 Å². The summed E-state index contributed by atoms with van der Waals surface area (Å²) in [6.07, 6.45) is 1.87. The van der Waals surface area contributed by atoms with E-state index in [1.54, 1.807) is 0 Å². The fourth-order valence-corrected chi connectivity index (χ4v) is 9.10. The number of fused-ring (bicyclic) bond motifs is 6. The average Bonchev–Trinajstić information content (AvgIpc) is 3.68. The molecule has 290 valence electrons. The van der Waals surface area contributed by atoms with Crippen LogP contribution in [0.5, 0.6) is 0 Å². The minimum absolute atomic E-state index is 0.835. The highest BCUT2D eigenvalue weighted by Gasteiger charge is 2.20. The van der Waals surface area contributed by atoms with Crippen LogP contribution in [0.1, 0.15) is 0 Å². The van der Waals surface area contributed by atoms with Crippen molar-refractivity contribution in [2.45, 2.75) is 0 Å². The zero-order valence-corrected chi connectivity index (χ0v) is 33.6. The SMILES string of the molecule is c1ccc2c(-c3ccc(-c4nc5ccccc5nc4-c4ccc(N(c5ccc(-n6c7ccccc7c7ccccc76)cc5)c5cccc6cccnc56)cc4)cc3)cccc2c1. The maximum Gasteiger partial charge on any atom is 0.0973 e. The summed E-state index contributed by atoms with van der Waals surface area (Å²) in [5.41, 5.74) is 15.2. The summed E-state index contributed by atoms with van der Waals surface area (Å²) in [7, 11) is 0. The number of nitrogens with zero attached hydrogens (tertiary/aromatic N) is 5. The third-order valence-corrected chi connectivity index (χ3v) is 12.0. The molecule has 5 nitrogen and oxygen atoms in total. The minimum atomic E-state index is 0.835. The lowest BCUT2D eigenvalue weighted by Gasteiger charge is -2.27.